The third-order valence-electron chi connectivity index (χ3n) is 10.0. The van der Waals surface area contributed by atoms with Crippen LogP contribution in [0.15, 0.2) is 158 Å². The number of fused-ring (bicyclic) bond motifs is 2. The molecule has 2 aliphatic rings. The van der Waals surface area contributed by atoms with Gasteiger partial charge in [0, 0.05) is 24.5 Å². The molecule has 2 atom stereocenters. The lowest BCUT2D eigenvalue weighted by Crippen LogP contribution is -2.36. The fourth-order valence-corrected chi connectivity index (χ4v) is 7.58. The number of para-hydroxylation sites is 2. The molecule has 0 fully saturated rings. The second-order valence-electron chi connectivity index (χ2n) is 13.5. The lowest BCUT2D eigenvalue weighted by atomic mass is 9.87. The molecule has 6 aromatic carbocycles. The van der Waals surface area contributed by atoms with Crippen LogP contribution in [0, 0.1) is 13.8 Å². The van der Waals surface area contributed by atoms with Crippen LogP contribution < -0.4 is 14.5 Å². The van der Waals surface area contributed by atoms with Gasteiger partial charge >= 0.3 is 0 Å². The zero-order chi connectivity index (χ0) is 35.2. The van der Waals surface area contributed by atoms with Crippen molar-refractivity contribution < 1.29 is 9.84 Å². The first-order chi connectivity index (χ1) is 25.0. The van der Waals surface area contributed by atoms with E-state index in [0.29, 0.717) is 12.4 Å². The van der Waals surface area contributed by atoms with E-state index in [-0.39, 0.29) is 12.1 Å². The largest absolute Gasteiger partial charge is 0.508 e. The molecule has 6 aromatic rings. The third-order valence-corrected chi connectivity index (χ3v) is 10.0. The molecule has 0 aliphatic carbocycles. The summed E-state index contributed by atoms with van der Waals surface area (Å²) in [5.41, 5.74) is 13.3. The molecule has 0 amide bonds. The molecule has 4 heteroatoms. The topological polar surface area (TPSA) is 35.9 Å². The predicted octanol–water partition coefficient (Wildman–Crippen LogP) is 10.6. The van der Waals surface area contributed by atoms with Crippen molar-refractivity contribution >= 4 is 11.4 Å². The van der Waals surface area contributed by atoms with E-state index in [1.54, 1.807) is 18.2 Å². The summed E-state index contributed by atoms with van der Waals surface area (Å²) in [5.74, 6) is 1.19. The summed E-state index contributed by atoms with van der Waals surface area (Å²) in [4.78, 5) is 4.97. The van der Waals surface area contributed by atoms with Crippen molar-refractivity contribution in [1.82, 2.24) is 0 Å². The Bertz CT molecular complexity index is 2060. The second kappa shape index (κ2) is 15.4. The number of phenolic OH excluding ortho intramolecular Hbond substituents is 1. The SMILES string of the molecule is C=CCOc1ccc(C2c3ccc(C)cc3CCN2c2ccccc2)cc1.Cc1ccc2c(c1)CCN(c1ccccc1)C2c1ccc(O)cc1. The number of ether oxygens (including phenoxy) is 1. The minimum Gasteiger partial charge on any atom is -0.508 e. The van der Waals surface area contributed by atoms with E-state index >= 15 is 0 Å². The van der Waals surface area contributed by atoms with Gasteiger partial charge in [-0.15, -0.1) is 0 Å². The lowest BCUT2D eigenvalue weighted by molar-refractivity contribution is 0.363. The van der Waals surface area contributed by atoms with Crippen LogP contribution >= 0.6 is 0 Å². The Morgan fingerprint density at radius 1 is 0.608 bits per heavy atom. The highest BCUT2D eigenvalue weighted by Crippen LogP contribution is 2.40. The third kappa shape index (κ3) is 7.56. The number of nitrogens with zero attached hydrogens (tertiary/aromatic N) is 2. The lowest BCUT2D eigenvalue weighted by Gasteiger charge is -2.39. The molecule has 2 unspecified atom stereocenters. The van der Waals surface area contributed by atoms with Gasteiger partial charge in [0.1, 0.15) is 18.1 Å². The number of hydrogen-bond acceptors (Lipinski definition) is 4. The van der Waals surface area contributed by atoms with Gasteiger partial charge in [0.2, 0.25) is 0 Å². The zero-order valence-electron chi connectivity index (χ0n) is 29.6. The number of benzene rings is 6. The fraction of sp³-hybridized carbons (Fsp3) is 0.191. The van der Waals surface area contributed by atoms with E-state index in [9.17, 15) is 5.11 Å². The van der Waals surface area contributed by atoms with Gasteiger partial charge in [-0.25, -0.2) is 0 Å². The number of rotatable bonds is 7. The van der Waals surface area contributed by atoms with Crippen LogP contribution in [0.5, 0.6) is 11.5 Å². The van der Waals surface area contributed by atoms with E-state index in [1.807, 2.05) is 12.1 Å². The molecule has 0 spiro atoms. The van der Waals surface area contributed by atoms with Crippen molar-refractivity contribution in [3.8, 4) is 11.5 Å². The average Bonchev–Trinajstić information content (AvgIpc) is 3.17. The maximum absolute atomic E-state index is 9.66. The fourth-order valence-electron chi connectivity index (χ4n) is 7.58. The van der Waals surface area contributed by atoms with Gasteiger partial charge in [-0.3, -0.25) is 0 Å². The molecular weight excluding hydrogens is 625 g/mol. The molecule has 51 heavy (non-hydrogen) atoms. The van der Waals surface area contributed by atoms with Crippen LogP contribution in [-0.4, -0.2) is 24.8 Å². The summed E-state index contributed by atoms with van der Waals surface area (Å²) in [6.07, 6.45) is 3.90. The molecule has 2 heterocycles. The Morgan fingerprint density at radius 2 is 1.06 bits per heavy atom. The number of hydrogen-bond donors (Lipinski definition) is 1. The second-order valence-corrected chi connectivity index (χ2v) is 13.5. The van der Waals surface area contributed by atoms with E-state index in [4.69, 9.17) is 4.74 Å². The molecule has 0 saturated carbocycles. The average molecular weight is 671 g/mol. The highest BCUT2D eigenvalue weighted by atomic mass is 16.5. The maximum atomic E-state index is 9.66. The van der Waals surface area contributed by atoms with Crippen LogP contribution in [0.3, 0.4) is 0 Å². The summed E-state index contributed by atoms with van der Waals surface area (Å²) < 4.78 is 5.66. The molecule has 1 N–H and O–H groups in total. The van der Waals surface area contributed by atoms with E-state index in [0.717, 1.165) is 31.7 Å². The zero-order valence-corrected chi connectivity index (χ0v) is 29.6. The summed E-state index contributed by atoms with van der Waals surface area (Å²) in [7, 11) is 0. The summed E-state index contributed by atoms with van der Waals surface area (Å²) in [6, 6.07) is 51.4. The van der Waals surface area contributed by atoms with Gasteiger partial charge in [0.15, 0.2) is 0 Å². The number of anilines is 2. The quantitative estimate of drug-likeness (QED) is 0.172. The number of phenols is 1. The van der Waals surface area contributed by atoms with Crippen molar-refractivity contribution in [2.24, 2.45) is 0 Å². The first kappa shape index (κ1) is 33.7. The van der Waals surface area contributed by atoms with Gasteiger partial charge in [0.25, 0.3) is 0 Å². The van der Waals surface area contributed by atoms with E-state index in [2.05, 4.69) is 152 Å². The molecule has 0 radical (unpaired) electrons. The molecule has 256 valence electrons. The van der Waals surface area contributed by atoms with Gasteiger partial charge in [0.05, 0.1) is 12.1 Å². The Kier molecular flexibility index (Phi) is 10.2. The predicted molar refractivity (Wildman–Crippen MR) is 211 cm³/mol. The smallest absolute Gasteiger partial charge is 0.119 e. The Balaban J connectivity index is 0.000000160. The first-order valence-electron chi connectivity index (χ1n) is 17.9. The van der Waals surface area contributed by atoms with E-state index < -0.39 is 0 Å². The normalized spacial score (nSPS) is 16.3. The number of aryl methyl sites for hydroxylation is 2. The van der Waals surface area contributed by atoms with Crippen LogP contribution in [0.1, 0.15) is 56.6 Å². The highest BCUT2D eigenvalue weighted by molar-refractivity contribution is 5.58. The molecule has 0 bridgehead atoms. The van der Waals surface area contributed by atoms with Crippen molar-refractivity contribution in [2.45, 2.75) is 38.8 Å². The highest BCUT2D eigenvalue weighted by Gasteiger charge is 2.30. The monoisotopic (exact) mass is 670 g/mol. The Hall–Kier alpha value is -5.74. The molecule has 2 aliphatic heterocycles. The molecule has 4 nitrogen and oxygen atoms in total. The Morgan fingerprint density at radius 3 is 1.51 bits per heavy atom. The molecule has 0 saturated heterocycles. The summed E-state index contributed by atoms with van der Waals surface area (Å²) >= 11 is 0. The van der Waals surface area contributed by atoms with E-state index in [1.165, 1.54) is 55.9 Å². The van der Waals surface area contributed by atoms with Gasteiger partial charge in [-0.1, -0.05) is 121 Å². The van der Waals surface area contributed by atoms with Crippen LogP contribution in [-0.2, 0) is 12.8 Å². The number of aromatic hydroxyl groups is 1. The first-order valence-corrected chi connectivity index (χ1v) is 17.9. The van der Waals surface area contributed by atoms with Crippen molar-refractivity contribution in [1.29, 1.82) is 0 Å². The molecular formula is C47H46N2O2. The minimum absolute atomic E-state index is 0.178. The van der Waals surface area contributed by atoms with Crippen LogP contribution in [0.2, 0.25) is 0 Å². The molecule has 0 aromatic heterocycles. The van der Waals surface area contributed by atoms with Crippen molar-refractivity contribution in [3.05, 3.63) is 203 Å². The van der Waals surface area contributed by atoms with Crippen molar-refractivity contribution in [2.75, 3.05) is 29.5 Å². The van der Waals surface area contributed by atoms with Crippen LogP contribution in [0.25, 0.3) is 0 Å². The van der Waals surface area contributed by atoms with Crippen LogP contribution in [0.4, 0.5) is 11.4 Å². The summed E-state index contributed by atoms with van der Waals surface area (Å²) in [5, 5.41) is 9.66. The van der Waals surface area contributed by atoms with Gasteiger partial charge in [-0.2, -0.15) is 0 Å². The van der Waals surface area contributed by atoms with Gasteiger partial charge in [-0.05, 0) is 109 Å². The Labute approximate surface area is 302 Å². The standard InChI is InChI=1S/C25H25NO.C22H21NO/c1-3-17-27-23-12-10-20(11-13-23)25-24-14-9-19(2)18-21(24)15-16-26(25)22-7-5-4-6-8-22;1-16-7-12-21-18(15-16)13-14-23(19-5-3-2-4-6-19)22(21)17-8-10-20(24)11-9-17/h3-14,18,25H,1,15-17H2,2H3;2-12,15,22,24H,13-14H2,1H3. The van der Waals surface area contributed by atoms with Crippen molar-refractivity contribution in [3.63, 3.8) is 0 Å². The summed E-state index contributed by atoms with van der Waals surface area (Å²) in [6.45, 7) is 10.6. The molecule has 8 rings (SSSR count). The maximum Gasteiger partial charge on any atom is 0.119 e. The minimum atomic E-state index is 0.178. The van der Waals surface area contributed by atoms with Gasteiger partial charge < -0.3 is 19.6 Å².